The molecule has 0 spiro atoms. The van der Waals surface area contributed by atoms with Crippen LogP contribution < -0.4 is 11.2 Å². The Morgan fingerprint density at radius 1 is 1.45 bits per heavy atom. The van der Waals surface area contributed by atoms with E-state index in [-0.39, 0.29) is 0 Å². The second kappa shape index (κ2) is 5.65. The van der Waals surface area contributed by atoms with Crippen molar-refractivity contribution in [1.82, 2.24) is 9.55 Å². The molecule has 124 valence electrons. The molecule has 0 amide bonds. The Hall–Kier alpha value is -1.43. The number of aromatic nitrogens is 2. The Morgan fingerprint density at radius 3 is 2.64 bits per heavy atom. The van der Waals surface area contributed by atoms with E-state index in [2.05, 4.69) is 4.52 Å². The maximum atomic E-state index is 14.0. The van der Waals surface area contributed by atoms with Gasteiger partial charge in [-0.3, -0.25) is 18.9 Å². The molecular weight excluding hydrogens is 333 g/mol. The lowest BCUT2D eigenvalue weighted by Crippen LogP contribution is -2.42. The van der Waals surface area contributed by atoms with Gasteiger partial charge in [0, 0.05) is 12.3 Å². The fraction of sp³-hybridized carbons (Fsp3) is 0.556. The molecule has 1 aliphatic rings. The summed E-state index contributed by atoms with van der Waals surface area (Å²) in [7, 11) is -4.95. The van der Waals surface area contributed by atoms with Crippen LogP contribution in [0.3, 0.4) is 0 Å². The highest BCUT2D eigenvalue weighted by Gasteiger charge is 2.59. The van der Waals surface area contributed by atoms with Crippen LogP contribution >= 0.6 is 7.82 Å². The Labute approximate surface area is 120 Å². The lowest BCUT2D eigenvalue weighted by atomic mass is 10.1. The van der Waals surface area contributed by atoms with Crippen LogP contribution in [-0.2, 0) is 13.8 Å². The number of nitrogens with zero attached hydrogens (tertiary/aromatic N) is 1. The molecule has 0 bridgehead atoms. The summed E-state index contributed by atoms with van der Waals surface area (Å²) in [6.07, 6.45) is -5.77. The largest absolute Gasteiger partial charge is 0.469 e. The van der Waals surface area contributed by atoms with Crippen LogP contribution in [0.4, 0.5) is 8.78 Å². The number of aliphatic hydroxyl groups excluding tert-OH is 1. The summed E-state index contributed by atoms with van der Waals surface area (Å²) >= 11 is 0. The molecule has 1 aromatic rings. The number of aromatic amines is 1. The molecule has 0 aliphatic carbocycles. The van der Waals surface area contributed by atoms with E-state index in [9.17, 15) is 28.0 Å². The summed E-state index contributed by atoms with van der Waals surface area (Å²) in [6, 6.07) is 0.798. The zero-order chi connectivity index (χ0) is 16.7. The van der Waals surface area contributed by atoms with Gasteiger partial charge in [-0.2, -0.15) is 8.78 Å². The van der Waals surface area contributed by atoms with E-state index in [1.54, 1.807) is 4.98 Å². The number of H-pyrrole nitrogens is 1. The van der Waals surface area contributed by atoms with E-state index in [4.69, 9.17) is 14.5 Å². The number of ether oxygens (including phenoxy) is 1. The number of rotatable bonds is 4. The van der Waals surface area contributed by atoms with Crippen molar-refractivity contribution in [2.24, 2.45) is 0 Å². The number of hydrogen-bond donors (Lipinski definition) is 4. The minimum Gasteiger partial charge on any atom is -0.384 e. The molecule has 0 aromatic carbocycles. The second-order valence-corrected chi connectivity index (χ2v) is 5.69. The zero-order valence-corrected chi connectivity index (χ0v) is 11.5. The van der Waals surface area contributed by atoms with Crippen molar-refractivity contribution < 1.29 is 37.5 Å². The molecule has 22 heavy (non-hydrogen) atoms. The van der Waals surface area contributed by atoms with Gasteiger partial charge in [0.05, 0.1) is 6.61 Å². The summed E-state index contributed by atoms with van der Waals surface area (Å²) in [4.78, 5) is 41.2. The minimum atomic E-state index is -4.95. The van der Waals surface area contributed by atoms with Crippen LogP contribution in [0, 0.1) is 0 Å². The first kappa shape index (κ1) is 16.9. The van der Waals surface area contributed by atoms with Gasteiger partial charge in [0.25, 0.3) is 5.56 Å². The van der Waals surface area contributed by atoms with Gasteiger partial charge < -0.3 is 19.6 Å². The fourth-order valence-corrected chi connectivity index (χ4v) is 2.23. The molecule has 1 aromatic heterocycles. The summed E-state index contributed by atoms with van der Waals surface area (Å²) < 4.78 is 47.6. The van der Waals surface area contributed by atoms with Crippen molar-refractivity contribution in [3.63, 3.8) is 0 Å². The fourth-order valence-electron chi connectivity index (χ4n) is 1.89. The van der Waals surface area contributed by atoms with E-state index >= 15 is 0 Å². The zero-order valence-electron chi connectivity index (χ0n) is 10.6. The van der Waals surface area contributed by atoms with Gasteiger partial charge in [-0.15, -0.1) is 0 Å². The molecule has 0 saturated carbocycles. The van der Waals surface area contributed by atoms with Crippen LogP contribution in [0.15, 0.2) is 21.9 Å². The van der Waals surface area contributed by atoms with Crippen molar-refractivity contribution >= 4 is 7.82 Å². The van der Waals surface area contributed by atoms with Crippen molar-refractivity contribution in [3.8, 4) is 0 Å². The summed E-state index contributed by atoms with van der Waals surface area (Å²) in [5.41, 5.74) is -2.01. The average molecular weight is 344 g/mol. The predicted molar refractivity (Wildman–Crippen MR) is 64.2 cm³/mol. The highest BCUT2D eigenvalue weighted by molar-refractivity contribution is 7.46. The van der Waals surface area contributed by atoms with Crippen molar-refractivity contribution in [3.05, 3.63) is 33.1 Å². The monoisotopic (exact) mass is 344 g/mol. The van der Waals surface area contributed by atoms with Crippen LogP contribution in [0.25, 0.3) is 0 Å². The third kappa shape index (κ3) is 3.32. The first-order chi connectivity index (χ1) is 10.0. The molecule has 1 unspecified atom stereocenters. The molecule has 0 radical (unpaired) electrons. The topological polar surface area (TPSA) is 151 Å². The Morgan fingerprint density at radius 2 is 2.09 bits per heavy atom. The second-order valence-electron chi connectivity index (χ2n) is 4.45. The van der Waals surface area contributed by atoms with E-state index < -0.39 is 50.0 Å². The lowest BCUT2D eigenvalue weighted by Gasteiger charge is -2.20. The SMILES string of the molecule is O=c1ccn(C2O[C@H](COP(=O)(O)O)[C@@H](O)C2(F)F)c(=O)[nH]1. The first-order valence-corrected chi connectivity index (χ1v) is 7.28. The molecule has 1 fully saturated rings. The summed E-state index contributed by atoms with van der Waals surface area (Å²) in [5.74, 6) is -3.95. The van der Waals surface area contributed by atoms with Crippen molar-refractivity contribution in [2.45, 2.75) is 24.4 Å². The third-order valence-electron chi connectivity index (χ3n) is 2.89. The van der Waals surface area contributed by atoms with Gasteiger partial charge >= 0.3 is 19.4 Å². The highest BCUT2D eigenvalue weighted by atomic mass is 31.2. The molecule has 10 nitrogen and oxygen atoms in total. The smallest absolute Gasteiger partial charge is 0.384 e. The highest BCUT2D eigenvalue weighted by Crippen LogP contribution is 2.44. The Balaban J connectivity index is 2.28. The quantitative estimate of drug-likeness (QED) is 0.484. The molecular formula is C9H11F2N2O8P. The van der Waals surface area contributed by atoms with Crippen molar-refractivity contribution in [1.29, 1.82) is 0 Å². The van der Waals surface area contributed by atoms with E-state index in [1.807, 2.05) is 0 Å². The minimum absolute atomic E-state index is 0.349. The van der Waals surface area contributed by atoms with Crippen LogP contribution in [-0.4, -0.2) is 49.2 Å². The van der Waals surface area contributed by atoms with Gasteiger partial charge in [-0.05, 0) is 0 Å². The van der Waals surface area contributed by atoms with Crippen LogP contribution in [0.1, 0.15) is 6.23 Å². The number of hydrogen-bond acceptors (Lipinski definition) is 6. The number of phosphoric acid groups is 1. The number of phosphoric ester groups is 1. The van der Waals surface area contributed by atoms with Crippen LogP contribution in [0.5, 0.6) is 0 Å². The first-order valence-electron chi connectivity index (χ1n) is 5.75. The number of aliphatic hydroxyl groups is 1. The molecule has 13 heteroatoms. The maximum absolute atomic E-state index is 14.0. The summed E-state index contributed by atoms with van der Waals surface area (Å²) in [5, 5.41) is 9.50. The molecule has 2 heterocycles. The van der Waals surface area contributed by atoms with Gasteiger partial charge in [0.1, 0.15) is 6.10 Å². The molecule has 4 N–H and O–H groups in total. The Bertz CT molecular complexity index is 712. The van der Waals surface area contributed by atoms with Crippen molar-refractivity contribution in [2.75, 3.05) is 6.61 Å². The van der Waals surface area contributed by atoms with E-state index in [1.165, 1.54) is 0 Å². The van der Waals surface area contributed by atoms with Gasteiger partial charge in [-0.1, -0.05) is 0 Å². The lowest BCUT2D eigenvalue weighted by molar-refractivity contribution is -0.141. The van der Waals surface area contributed by atoms with E-state index in [0.717, 1.165) is 12.3 Å². The number of halogens is 2. The molecule has 1 saturated heterocycles. The third-order valence-corrected chi connectivity index (χ3v) is 3.38. The predicted octanol–water partition coefficient (Wildman–Crippen LogP) is -1.46. The van der Waals surface area contributed by atoms with E-state index in [0.29, 0.717) is 4.57 Å². The van der Waals surface area contributed by atoms with Crippen LogP contribution in [0.2, 0.25) is 0 Å². The number of alkyl halides is 2. The molecule has 2 rings (SSSR count). The standard InChI is InChI=1S/C9H11F2N2O8P/c10-9(11)6(15)4(3-20-22(17,18)19)21-7(9)13-2-1-5(14)12-8(13)16/h1-2,4,6-7,15H,3H2,(H,12,14,16)(H2,17,18,19)/t4-,6-,7?/m1/s1. The molecule has 1 aliphatic heterocycles. The van der Waals surface area contributed by atoms with Gasteiger partial charge in [-0.25, -0.2) is 9.36 Å². The molecule has 3 atom stereocenters. The van der Waals surface area contributed by atoms with Gasteiger partial charge in [0.2, 0.25) is 6.23 Å². The summed E-state index contributed by atoms with van der Waals surface area (Å²) in [6.45, 7) is -1.02. The Kier molecular flexibility index (Phi) is 4.35. The van der Waals surface area contributed by atoms with Gasteiger partial charge in [0.15, 0.2) is 6.10 Å². The normalized spacial score (nSPS) is 28.0. The maximum Gasteiger partial charge on any atom is 0.469 e. The number of nitrogens with one attached hydrogen (secondary N) is 1. The average Bonchev–Trinajstić information content (AvgIpc) is 2.59.